The van der Waals surface area contributed by atoms with Crippen LogP contribution in [0.25, 0.3) is 0 Å². The van der Waals surface area contributed by atoms with Crippen molar-refractivity contribution in [1.82, 2.24) is 9.80 Å². The summed E-state index contributed by atoms with van der Waals surface area (Å²) in [5, 5.41) is 2.89. The fourth-order valence-corrected chi connectivity index (χ4v) is 2.60. The predicted molar refractivity (Wildman–Crippen MR) is 82.7 cm³/mol. The summed E-state index contributed by atoms with van der Waals surface area (Å²) in [6, 6.07) is 7.59. The van der Waals surface area contributed by atoms with E-state index in [-0.39, 0.29) is 18.0 Å². The molecule has 0 saturated carbocycles. The van der Waals surface area contributed by atoms with Gasteiger partial charge >= 0.3 is 6.03 Å². The summed E-state index contributed by atoms with van der Waals surface area (Å²) >= 11 is 0. The van der Waals surface area contributed by atoms with Gasteiger partial charge in [-0.3, -0.25) is 4.79 Å². The van der Waals surface area contributed by atoms with Crippen molar-refractivity contribution < 1.29 is 14.3 Å². The highest BCUT2D eigenvalue weighted by Gasteiger charge is 2.32. The van der Waals surface area contributed by atoms with E-state index in [0.29, 0.717) is 32.8 Å². The van der Waals surface area contributed by atoms with Crippen molar-refractivity contribution in [2.45, 2.75) is 19.4 Å². The van der Waals surface area contributed by atoms with Gasteiger partial charge in [-0.15, -0.1) is 0 Å². The van der Waals surface area contributed by atoms with Gasteiger partial charge in [0.05, 0.1) is 6.61 Å². The summed E-state index contributed by atoms with van der Waals surface area (Å²) in [6.07, 6.45) is 0.556. The second-order valence-corrected chi connectivity index (χ2v) is 5.76. The number of amides is 3. The number of aryl methyl sites for hydroxylation is 1. The molecule has 1 N–H and O–H groups in total. The van der Waals surface area contributed by atoms with Crippen molar-refractivity contribution in [2.75, 3.05) is 38.1 Å². The minimum atomic E-state index is -0.257. The molecule has 6 heteroatoms. The van der Waals surface area contributed by atoms with E-state index in [1.165, 1.54) is 0 Å². The van der Waals surface area contributed by atoms with Crippen LogP contribution in [0, 0.1) is 6.92 Å². The average Bonchev–Trinajstić information content (AvgIpc) is 2.48. The minimum Gasteiger partial charge on any atom is -0.368 e. The van der Waals surface area contributed by atoms with Gasteiger partial charge in [-0.2, -0.15) is 0 Å². The third-order valence-corrected chi connectivity index (χ3v) is 4.16. The Hall–Kier alpha value is -2.08. The number of hydrogen-bond donors (Lipinski definition) is 1. The zero-order chi connectivity index (χ0) is 15.5. The molecular weight excluding hydrogens is 282 g/mol. The van der Waals surface area contributed by atoms with Crippen LogP contribution < -0.4 is 5.32 Å². The summed E-state index contributed by atoms with van der Waals surface area (Å²) in [6.45, 7) is 4.93. The largest absolute Gasteiger partial charge is 0.368 e. The van der Waals surface area contributed by atoms with Crippen LogP contribution in [-0.2, 0) is 9.53 Å². The molecule has 2 aliphatic heterocycles. The third kappa shape index (κ3) is 3.22. The Bertz CT molecular complexity index is 546. The zero-order valence-corrected chi connectivity index (χ0v) is 12.7. The maximum atomic E-state index is 12.2. The quantitative estimate of drug-likeness (QED) is 0.900. The van der Waals surface area contributed by atoms with Gasteiger partial charge in [0.2, 0.25) is 0 Å². The smallest absolute Gasteiger partial charge is 0.321 e. The Labute approximate surface area is 130 Å². The first-order valence-electron chi connectivity index (χ1n) is 7.66. The lowest BCUT2D eigenvalue weighted by molar-refractivity contribution is -0.157. The standard InChI is InChI=1S/C16H21N3O3/c1-12-2-4-13(5-3-12)17-16(21)19-9-7-18(8-10-19)15(20)14-6-11-22-14/h2-5,14H,6-11H2,1H3,(H,17,21). The molecule has 1 aromatic carbocycles. The van der Waals surface area contributed by atoms with Crippen LogP contribution in [0.15, 0.2) is 24.3 Å². The number of carbonyl (C=O) groups excluding carboxylic acids is 2. The molecule has 2 aliphatic rings. The molecule has 2 heterocycles. The lowest BCUT2D eigenvalue weighted by atomic mass is 10.1. The number of carbonyl (C=O) groups is 2. The molecule has 1 atom stereocenters. The first-order chi connectivity index (χ1) is 10.6. The van der Waals surface area contributed by atoms with Crippen LogP contribution in [0.1, 0.15) is 12.0 Å². The second kappa shape index (κ2) is 6.36. The number of nitrogens with zero attached hydrogens (tertiary/aromatic N) is 2. The molecule has 0 aromatic heterocycles. The highest BCUT2D eigenvalue weighted by molar-refractivity contribution is 5.89. The van der Waals surface area contributed by atoms with E-state index in [1.54, 1.807) is 9.80 Å². The first kappa shape index (κ1) is 14.8. The summed E-state index contributed by atoms with van der Waals surface area (Å²) < 4.78 is 5.22. The van der Waals surface area contributed by atoms with Crippen LogP contribution in [-0.4, -0.2) is 60.6 Å². The molecule has 22 heavy (non-hydrogen) atoms. The molecule has 3 amide bonds. The van der Waals surface area contributed by atoms with E-state index in [4.69, 9.17) is 4.74 Å². The van der Waals surface area contributed by atoms with Crippen molar-refractivity contribution in [3.05, 3.63) is 29.8 Å². The third-order valence-electron chi connectivity index (χ3n) is 4.16. The van der Waals surface area contributed by atoms with E-state index in [0.717, 1.165) is 17.7 Å². The van der Waals surface area contributed by atoms with Gasteiger partial charge in [-0.05, 0) is 19.1 Å². The average molecular weight is 303 g/mol. The molecular formula is C16H21N3O3. The number of anilines is 1. The fourth-order valence-electron chi connectivity index (χ4n) is 2.60. The summed E-state index contributed by atoms with van der Waals surface area (Å²) in [4.78, 5) is 27.8. The predicted octanol–water partition coefficient (Wildman–Crippen LogP) is 1.46. The Balaban J connectivity index is 1.49. The molecule has 2 saturated heterocycles. The molecule has 1 unspecified atom stereocenters. The van der Waals surface area contributed by atoms with Gasteiger partial charge in [0.1, 0.15) is 6.10 Å². The van der Waals surface area contributed by atoms with Crippen LogP contribution >= 0.6 is 0 Å². The SMILES string of the molecule is Cc1ccc(NC(=O)N2CCN(C(=O)C3CCO3)CC2)cc1. The van der Waals surface area contributed by atoms with Gasteiger partial charge in [-0.25, -0.2) is 4.79 Å². The van der Waals surface area contributed by atoms with E-state index in [9.17, 15) is 9.59 Å². The minimum absolute atomic E-state index is 0.0600. The Morgan fingerprint density at radius 2 is 1.68 bits per heavy atom. The van der Waals surface area contributed by atoms with Crippen LogP contribution in [0.4, 0.5) is 10.5 Å². The maximum Gasteiger partial charge on any atom is 0.321 e. The summed E-state index contributed by atoms with van der Waals surface area (Å²) in [5.74, 6) is 0.0600. The molecule has 0 radical (unpaired) electrons. The Morgan fingerprint density at radius 1 is 1.09 bits per heavy atom. The van der Waals surface area contributed by atoms with Gasteiger partial charge < -0.3 is 19.9 Å². The Morgan fingerprint density at radius 3 is 2.23 bits per heavy atom. The van der Waals surface area contributed by atoms with Crippen LogP contribution in [0.3, 0.4) is 0 Å². The topological polar surface area (TPSA) is 61.9 Å². The summed E-state index contributed by atoms with van der Waals surface area (Å²) in [7, 11) is 0. The summed E-state index contributed by atoms with van der Waals surface area (Å²) in [5.41, 5.74) is 1.94. The molecule has 3 rings (SSSR count). The van der Waals surface area contributed by atoms with E-state index < -0.39 is 0 Å². The van der Waals surface area contributed by atoms with E-state index in [2.05, 4.69) is 5.32 Å². The van der Waals surface area contributed by atoms with E-state index >= 15 is 0 Å². The number of rotatable bonds is 2. The molecule has 118 valence electrons. The lowest BCUT2D eigenvalue weighted by Crippen LogP contribution is -2.55. The highest BCUT2D eigenvalue weighted by Crippen LogP contribution is 2.16. The fraction of sp³-hybridized carbons (Fsp3) is 0.500. The number of benzene rings is 1. The van der Waals surface area contributed by atoms with Crippen molar-refractivity contribution >= 4 is 17.6 Å². The molecule has 2 fully saturated rings. The number of nitrogens with one attached hydrogen (secondary N) is 1. The lowest BCUT2D eigenvalue weighted by Gasteiger charge is -2.38. The molecule has 0 aliphatic carbocycles. The Kier molecular flexibility index (Phi) is 4.29. The maximum absolute atomic E-state index is 12.2. The van der Waals surface area contributed by atoms with Crippen LogP contribution in [0.5, 0.6) is 0 Å². The van der Waals surface area contributed by atoms with Crippen LogP contribution in [0.2, 0.25) is 0 Å². The number of urea groups is 1. The number of ether oxygens (including phenoxy) is 1. The normalized spacial score (nSPS) is 21.2. The van der Waals surface area contributed by atoms with Gasteiger partial charge in [-0.1, -0.05) is 17.7 Å². The van der Waals surface area contributed by atoms with Crippen molar-refractivity contribution in [3.63, 3.8) is 0 Å². The second-order valence-electron chi connectivity index (χ2n) is 5.76. The number of piperazine rings is 1. The molecule has 6 nitrogen and oxygen atoms in total. The van der Waals surface area contributed by atoms with E-state index in [1.807, 2.05) is 31.2 Å². The van der Waals surface area contributed by atoms with Crippen molar-refractivity contribution in [3.8, 4) is 0 Å². The van der Waals surface area contributed by atoms with Crippen molar-refractivity contribution in [1.29, 1.82) is 0 Å². The van der Waals surface area contributed by atoms with Gasteiger partial charge in [0.15, 0.2) is 0 Å². The van der Waals surface area contributed by atoms with Gasteiger partial charge in [0, 0.05) is 38.3 Å². The van der Waals surface area contributed by atoms with Crippen molar-refractivity contribution in [2.24, 2.45) is 0 Å². The van der Waals surface area contributed by atoms with Gasteiger partial charge in [0.25, 0.3) is 5.91 Å². The zero-order valence-electron chi connectivity index (χ0n) is 12.7. The monoisotopic (exact) mass is 303 g/mol. The highest BCUT2D eigenvalue weighted by atomic mass is 16.5. The number of hydrogen-bond acceptors (Lipinski definition) is 3. The molecule has 0 bridgehead atoms. The molecule has 0 spiro atoms. The first-order valence-corrected chi connectivity index (χ1v) is 7.66. The molecule has 1 aromatic rings.